The van der Waals surface area contributed by atoms with E-state index in [2.05, 4.69) is 0 Å². The summed E-state index contributed by atoms with van der Waals surface area (Å²) in [6.07, 6.45) is 0.159. The minimum atomic E-state index is -3.77. The van der Waals surface area contributed by atoms with Gasteiger partial charge in [-0.15, -0.1) is 0 Å². The molecule has 1 aliphatic heterocycles. The Balaban J connectivity index is 1.69. The highest BCUT2D eigenvalue weighted by Gasteiger charge is 2.29. The number of anilines is 1. The lowest BCUT2D eigenvalue weighted by molar-refractivity contribution is 0.232. The summed E-state index contributed by atoms with van der Waals surface area (Å²) in [6.45, 7) is 2.96. The van der Waals surface area contributed by atoms with E-state index in [9.17, 15) is 12.8 Å². The van der Waals surface area contributed by atoms with Crippen LogP contribution >= 0.6 is 0 Å². The van der Waals surface area contributed by atoms with Crippen molar-refractivity contribution in [3.63, 3.8) is 0 Å². The first-order valence-electron chi connectivity index (χ1n) is 7.44. The SMILES string of the molecule is Cc1ccc(S(=O)(=O)O[C@H]2CCN(c3cccc(F)c3)C2)cc1. The Bertz CT molecular complexity index is 790. The first-order valence-corrected chi connectivity index (χ1v) is 8.85. The minimum absolute atomic E-state index is 0.160. The molecule has 0 bridgehead atoms. The lowest BCUT2D eigenvalue weighted by Crippen LogP contribution is -2.25. The molecule has 0 unspecified atom stereocenters. The van der Waals surface area contributed by atoms with E-state index in [1.54, 1.807) is 36.4 Å². The van der Waals surface area contributed by atoms with Crippen molar-refractivity contribution in [2.75, 3.05) is 18.0 Å². The summed E-state index contributed by atoms with van der Waals surface area (Å²) in [6, 6.07) is 12.8. The molecule has 0 aromatic heterocycles. The highest BCUT2D eigenvalue weighted by molar-refractivity contribution is 7.86. The molecule has 0 saturated carbocycles. The second-order valence-corrected chi connectivity index (χ2v) is 7.27. The summed E-state index contributed by atoms with van der Waals surface area (Å²) < 4.78 is 43.2. The van der Waals surface area contributed by atoms with Gasteiger partial charge < -0.3 is 4.90 Å². The average molecular weight is 335 g/mol. The lowest BCUT2D eigenvalue weighted by atomic mass is 10.2. The molecule has 2 aromatic rings. The van der Waals surface area contributed by atoms with Crippen molar-refractivity contribution in [1.82, 2.24) is 0 Å². The van der Waals surface area contributed by atoms with Crippen molar-refractivity contribution in [3.05, 3.63) is 59.9 Å². The molecule has 4 nitrogen and oxygen atoms in total. The molecule has 1 heterocycles. The smallest absolute Gasteiger partial charge is 0.297 e. The summed E-state index contributed by atoms with van der Waals surface area (Å²) in [5.74, 6) is -0.306. The van der Waals surface area contributed by atoms with Crippen LogP contribution in [0.25, 0.3) is 0 Å². The highest BCUT2D eigenvalue weighted by atomic mass is 32.2. The minimum Gasteiger partial charge on any atom is -0.369 e. The van der Waals surface area contributed by atoms with Crippen LogP contribution in [0, 0.1) is 12.7 Å². The van der Waals surface area contributed by atoms with Gasteiger partial charge in [0, 0.05) is 18.8 Å². The van der Waals surface area contributed by atoms with Gasteiger partial charge in [-0.2, -0.15) is 8.42 Å². The van der Waals surface area contributed by atoms with Gasteiger partial charge in [0.05, 0.1) is 11.0 Å². The number of nitrogens with zero attached hydrogens (tertiary/aromatic N) is 1. The molecular formula is C17H18FNO3S. The molecule has 122 valence electrons. The molecule has 0 amide bonds. The molecule has 0 spiro atoms. The zero-order chi connectivity index (χ0) is 16.4. The normalized spacial score (nSPS) is 18.3. The molecule has 1 fully saturated rings. The van der Waals surface area contributed by atoms with Crippen LogP contribution in [0.1, 0.15) is 12.0 Å². The van der Waals surface area contributed by atoms with Crippen LogP contribution < -0.4 is 4.90 Å². The molecule has 23 heavy (non-hydrogen) atoms. The predicted octanol–water partition coefficient (Wildman–Crippen LogP) is 3.12. The van der Waals surface area contributed by atoms with Gasteiger partial charge in [-0.05, 0) is 43.7 Å². The largest absolute Gasteiger partial charge is 0.369 e. The Kier molecular flexibility index (Phi) is 4.37. The Morgan fingerprint density at radius 2 is 1.91 bits per heavy atom. The molecule has 1 saturated heterocycles. The fourth-order valence-corrected chi connectivity index (χ4v) is 3.75. The van der Waals surface area contributed by atoms with Crippen molar-refractivity contribution in [2.45, 2.75) is 24.3 Å². The number of halogens is 1. The van der Waals surface area contributed by atoms with Crippen molar-refractivity contribution in [3.8, 4) is 0 Å². The maximum atomic E-state index is 13.3. The third-order valence-corrected chi connectivity index (χ3v) is 5.27. The summed E-state index contributed by atoms with van der Waals surface area (Å²) in [4.78, 5) is 2.09. The zero-order valence-electron chi connectivity index (χ0n) is 12.8. The summed E-state index contributed by atoms with van der Waals surface area (Å²) in [5.41, 5.74) is 1.73. The van der Waals surface area contributed by atoms with Crippen molar-refractivity contribution in [1.29, 1.82) is 0 Å². The number of benzene rings is 2. The number of hydrogen-bond acceptors (Lipinski definition) is 4. The van der Waals surface area contributed by atoms with E-state index in [1.165, 1.54) is 12.1 Å². The maximum Gasteiger partial charge on any atom is 0.297 e. The van der Waals surface area contributed by atoms with Crippen LogP contribution in [0.2, 0.25) is 0 Å². The monoisotopic (exact) mass is 335 g/mol. The maximum absolute atomic E-state index is 13.3. The van der Waals surface area contributed by atoms with Gasteiger partial charge in [-0.25, -0.2) is 4.39 Å². The first kappa shape index (κ1) is 16.0. The predicted molar refractivity (Wildman–Crippen MR) is 86.5 cm³/mol. The first-order chi connectivity index (χ1) is 10.9. The van der Waals surface area contributed by atoms with Gasteiger partial charge in [0.15, 0.2) is 0 Å². The van der Waals surface area contributed by atoms with E-state index in [-0.39, 0.29) is 10.7 Å². The fraction of sp³-hybridized carbons (Fsp3) is 0.294. The van der Waals surface area contributed by atoms with E-state index in [0.29, 0.717) is 19.5 Å². The van der Waals surface area contributed by atoms with Crippen LogP contribution in [0.15, 0.2) is 53.4 Å². The van der Waals surface area contributed by atoms with E-state index < -0.39 is 16.2 Å². The van der Waals surface area contributed by atoms with Crippen molar-refractivity contribution < 1.29 is 17.0 Å². The van der Waals surface area contributed by atoms with Crippen molar-refractivity contribution in [2.24, 2.45) is 0 Å². The van der Waals surface area contributed by atoms with E-state index in [0.717, 1.165) is 11.3 Å². The van der Waals surface area contributed by atoms with Gasteiger partial charge in [0.2, 0.25) is 0 Å². The summed E-state index contributed by atoms with van der Waals surface area (Å²) >= 11 is 0. The lowest BCUT2D eigenvalue weighted by Gasteiger charge is -2.18. The molecule has 1 aliphatic rings. The summed E-state index contributed by atoms with van der Waals surface area (Å²) in [5, 5.41) is 0. The van der Waals surface area contributed by atoms with Crippen LogP contribution in [0.5, 0.6) is 0 Å². The quantitative estimate of drug-likeness (QED) is 0.806. The molecule has 2 aromatic carbocycles. The number of aryl methyl sites for hydroxylation is 1. The highest BCUT2D eigenvalue weighted by Crippen LogP contribution is 2.25. The summed E-state index contributed by atoms with van der Waals surface area (Å²) in [7, 11) is -3.77. The van der Waals surface area contributed by atoms with E-state index in [4.69, 9.17) is 4.18 Å². The Morgan fingerprint density at radius 3 is 2.61 bits per heavy atom. The third-order valence-electron chi connectivity index (χ3n) is 3.89. The Hall–Kier alpha value is -1.92. The van der Waals surface area contributed by atoms with Crippen LogP contribution in [-0.4, -0.2) is 27.6 Å². The van der Waals surface area contributed by atoms with Gasteiger partial charge in [-0.1, -0.05) is 23.8 Å². The second kappa shape index (κ2) is 6.29. The van der Waals surface area contributed by atoms with Gasteiger partial charge in [0.1, 0.15) is 5.82 Å². The van der Waals surface area contributed by atoms with E-state index in [1.807, 2.05) is 11.8 Å². The molecule has 6 heteroatoms. The molecule has 1 atom stereocenters. The number of rotatable bonds is 4. The number of hydrogen-bond donors (Lipinski definition) is 0. The van der Waals surface area contributed by atoms with E-state index >= 15 is 0 Å². The van der Waals surface area contributed by atoms with Gasteiger partial charge >= 0.3 is 0 Å². The van der Waals surface area contributed by atoms with Crippen LogP contribution in [0.3, 0.4) is 0 Å². The third kappa shape index (κ3) is 3.71. The van der Waals surface area contributed by atoms with Crippen LogP contribution in [0.4, 0.5) is 10.1 Å². The van der Waals surface area contributed by atoms with Crippen molar-refractivity contribution >= 4 is 15.8 Å². The standard InChI is InChI=1S/C17H18FNO3S/c1-13-5-7-17(8-6-13)23(20,21)22-16-9-10-19(12-16)15-4-2-3-14(18)11-15/h2-8,11,16H,9-10,12H2,1H3/t16-/m0/s1. The molecule has 3 rings (SSSR count). The Morgan fingerprint density at radius 1 is 1.17 bits per heavy atom. The average Bonchev–Trinajstić information content (AvgIpc) is 2.95. The topological polar surface area (TPSA) is 46.6 Å². The Labute approximate surface area is 135 Å². The second-order valence-electron chi connectivity index (χ2n) is 5.70. The zero-order valence-corrected chi connectivity index (χ0v) is 13.6. The fourth-order valence-electron chi connectivity index (χ4n) is 2.65. The molecule has 0 aliphatic carbocycles. The molecular weight excluding hydrogens is 317 g/mol. The van der Waals surface area contributed by atoms with Gasteiger partial charge in [0.25, 0.3) is 10.1 Å². The molecule has 0 N–H and O–H groups in total. The van der Waals surface area contributed by atoms with Gasteiger partial charge in [-0.3, -0.25) is 4.18 Å². The molecule has 0 radical (unpaired) electrons. The van der Waals surface area contributed by atoms with Crippen LogP contribution in [-0.2, 0) is 14.3 Å².